The molecule has 1 unspecified atom stereocenters. The van der Waals surface area contributed by atoms with Crippen molar-refractivity contribution in [2.24, 2.45) is 0 Å². The summed E-state index contributed by atoms with van der Waals surface area (Å²) in [4.78, 5) is 28.2. The molecule has 1 atom stereocenters. The number of benzene rings is 1. The fraction of sp³-hybridized carbons (Fsp3) is 0.400. The van der Waals surface area contributed by atoms with E-state index in [2.05, 4.69) is 21.6 Å². The minimum atomic E-state index is -0.140. The lowest BCUT2D eigenvalue weighted by atomic mass is 10.1. The number of allylic oxidation sites excluding steroid dienone is 1. The summed E-state index contributed by atoms with van der Waals surface area (Å²) in [5.74, 6) is -0.0109. The number of nitrogens with zero attached hydrogens (tertiary/aromatic N) is 2. The minimum absolute atomic E-state index is 0.00146. The fourth-order valence-electron chi connectivity index (χ4n) is 3.52. The number of aryl methyl sites for hydroxylation is 1. The molecule has 1 saturated heterocycles. The third kappa shape index (κ3) is 4.55. The molecule has 0 spiro atoms. The predicted octanol–water partition coefficient (Wildman–Crippen LogP) is 2.27. The van der Waals surface area contributed by atoms with Crippen molar-refractivity contribution in [3.8, 4) is 0 Å². The van der Waals surface area contributed by atoms with Crippen molar-refractivity contribution in [1.82, 2.24) is 10.6 Å². The molecule has 3 aliphatic rings. The molecule has 0 aliphatic carbocycles. The Bertz CT molecular complexity index is 888. The minimum Gasteiger partial charge on any atom is -0.370 e. The molecule has 3 heterocycles. The van der Waals surface area contributed by atoms with E-state index in [0.717, 1.165) is 22.6 Å². The Morgan fingerprint density at radius 3 is 3.03 bits per heavy atom. The standard InChI is InChI=1S/C20H23ClN4O3S/c1-13-8-15(2-3-16(13)25-6-7-28-11-19(25)26)24-10-14(23-12-24)9-22-20(27)17-4-5-18(21)29-17/h2-3,5,8,10,17,23H,4,6-7,9,11-12H2,1H3,(H,22,27). The third-order valence-corrected chi connectivity index (χ3v) is 6.57. The van der Waals surface area contributed by atoms with Gasteiger partial charge in [-0.05, 0) is 37.1 Å². The van der Waals surface area contributed by atoms with Crippen LogP contribution in [-0.4, -0.2) is 50.0 Å². The molecule has 2 N–H and O–H groups in total. The first kappa shape index (κ1) is 20.1. The molecule has 1 aromatic carbocycles. The molecule has 0 saturated carbocycles. The number of amides is 2. The maximum absolute atomic E-state index is 12.2. The summed E-state index contributed by atoms with van der Waals surface area (Å²) >= 11 is 7.33. The number of carbonyl (C=O) groups is 2. The number of hydrogen-bond acceptors (Lipinski definition) is 6. The van der Waals surface area contributed by atoms with Crippen LogP contribution in [0.3, 0.4) is 0 Å². The van der Waals surface area contributed by atoms with E-state index in [1.807, 2.05) is 31.3 Å². The summed E-state index contributed by atoms with van der Waals surface area (Å²) in [6, 6.07) is 6.06. The van der Waals surface area contributed by atoms with Crippen molar-refractivity contribution in [1.29, 1.82) is 0 Å². The van der Waals surface area contributed by atoms with Crippen LogP contribution in [0.2, 0.25) is 0 Å². The lowest BCUT2D eigenvalue weighted by molar-refractivity contribution is -0.125. The number of hydrogen-bond donors (Lipinski definition) is 2. The average molecular weight is 435 g/mol. The summed E-state index contributed by atoms with van der Waals surface area (Å²) in [5.41, 5.74) is 3.94. The first-order valence-corrected chi connectivity index (χ1v) is 10.8. The quantitative estimate of drug-likeness (QED) is 0.740. The normalized spacial score (nSPS) is 21.7. The van der Waals surface area contributed by atoms with Crippen molar-refractivity contribution in [2.75, 3.05) is 42.8 Å². The van der Waals surface area contributed by atoms with Crippen LogP contribution in [0.4, 0.5) is 11.4 Å². The molecule has 7 nitrogen and oxygen atoms in total. The van der Waals surface area contributed by atoms with Crippen LogP contribution in [-0.2, 0) is 14.3 Å². The Labute approximate surface area is 179 Å². The smallest absolute Gasteiger partial charge is 0.253 e. The number of anilines is 2. The number of carbonyl (C=O) groups excluding carboxylic acids is 2. The Balaban J connectivity index is 1.36. The zero-order chi connectivity index (χ0) is 20.4. The molecule has 29 heavy (non-hydrogen) atoms. The van der Waals surface area contributed by atoms with Gasteiger partial charge in [-0.15, -0.1) is 11.8 Å². The Morgan fingerprint density at radius 1 is 1.45 bits per heavy atom. The molecule has 0 bridgehead atoms. The lowest BCUT2D eigenvalue weighted by Crippen LogP contribution is -2.42. The highest BCUT2D eigenvalue weighted by Gasteiger charge is 2.25. The van der Waals surface area contributed by atoms with Gasteiger partial charge in [0.05, 0.1) is 29.4 Å². The number of halogens is 1. The van der Waals surface area contributed by atoms with Crippen molar-refractivity contribution >= 4 is 46.6 Å². The summed E-state index contributed by atoms with van der Waals surface area (Å²) < 4.78 is 5.90. The van der Waals surface area contributed by atoms with Crippen LogP contribution < -0.4 is 20.4 Å². The van der Waals surface area contributed by atoms with E-state index in [0.29, 0.717) is 37.2 Å². The Kier molecular flexibility index (Phi) is 6.03. The van der Waals surface area contributed by atoms with E-state index in [-0.39, 0.29) is 23.7 Å². The first-order chi connectivity index (χ1) is 14.0. The van der Waals surface area contributed by atoms with Crippen LogP contribution in [0.1, 0.15) is 12.0 Å². The average Bonchev–Trinajstić information content (AvgIpc) is 3.36. The summed E-state index contributed by atoms with van der Waals surface area (Å²) in [6.07, 6.45) is 4.55. The second kappa shape index (κ2) is 8.69. The van der Waals surface area contributed by atoms with Crippen LogP contribution in [0, 0.1) is 6.92 Å². The molecule has 1 aromatic rings. The van der Waals surface area contributed by atoms with Gasteiger partial charge < -0.3 is 25.2 Å². The molecule has 4 rings (SSSR count). The van der Waals surface area contributed by atoms with Gasteiger partial charge in [-0.3, -0.25) is 9.59 Å². The molecule has 2 amide bonds. The highest BCUT2D eigenvalue weighted by Crippen LogP contribution is 2.34. The molecule has 0 radical (unpaired) electrons. The molecular weight excluding hydrogens is 412 g/mol. The molecule has 0 aromatic heterocycles. The lowest BCUT2D eigenvalue weighted by Gasteiger charge is -2.29. The van der Waals surface area contributed by atoms with Crippen molar-refractivity contribution in [3.05, 3.63) is 46.1 Å². The predicted molar refractivity (Wildman–Crippen MR) is 116 cm³/mol. The van der Waals surface area contributed by atoms with Crippen LogP contribution in [0.5, 0.6) is 0 Å². The van der Waals surface area contributed by atoms with Gasteiger partial charge in [-0.2, -0.15) is 0 Å². The van der Waals surface area contributed by atoms with E-state index in [1.54, 1.807) is 4.90 Å². The highest BCUT2D eigenvalue weighted by molar-refractivity contribution is 8.06. The fourth-order valence-corrected chi connectivity index (χ4v) is 4.78. The van der Waals surface area contributed by atoms with Crippen molar-refractivity contribution in [2.45, 2.75) is 18.6 Å². The third-order valence-electron chi connectivity index (χ3n) is 5.07. The number of nitrogens with one attached hydrogen (secondary N) is 2. The summed E-state index contributed by atoms with van der Waals surface area (Å²) in [6.45, 7) is 4.36. The van der Waals surface area contributed by atoms with Gasteiger partial charge in [0.2, 0.25) is 5.91 Å². The number of rotatable bonds is 5. The topological polar surface area (TPSA) is 73.9 Å². The van der Waals surface area contributed by atoms with E-state index in [4.69, 9.17) is 16.3 Å². The molecule has 3 aliphatic heterocycles. The molecule has 154 valence electrons. The van der Waals surface area contributed by atoms with Crippen molar-refractivity contribution < 1.29 is 14.3 Å². The molecule has 1 fully saturated rings. The van der Waals surface area contributed by atoms with Crippen LogP contribution in [0.25, 0.3) is 0 Å². The second-order valence-electron chi connectivity index (χ2n) is 7.10. The van der Waals surface area contributed by atoms with Gasteiger partial charge in [0.1, 0.15) is 6.61 Å². The first-order valence-electron chi connectivity index (χ1n) is 9.51. The molecular formula is C20H23ClN4O3S. The van der Waals surface area contributed by atoms with E-state index in [1.165, 1.54) is 11.8 Å². The Morgan fingerprint density at radius 2 is 2.31 bits per heavy atom. The monoisotopic (exact) mass is 434 g/mol. The Hall–Kier alpha value is -2.16. The SMILES string of the molecule is Cc1cc(N2C=C(CNC(=O)C3CC=C(Cl)S3)NC2)ccc1N1CCOCC1=O. The van der Waals surface area contributed by atoms with Gasteiger partial charge in [-0.25, -0.2) is 0 Å². The zero-order valence-electron chi connectivity index (χ0n) is 16.1. The number of ether oxygens (including phenoxy) is 1. The zero-order valence-corrected chi connectivity index (χ0v) is 17.7. The van der Waals surface area contributed by atoms with E-state index in [9.17, 15) is 9.59 Å². The van der Waals surface area contributed by atoms with Crippen LogP contribution >= 0.6 is 23.4 Å². The van der Waals surface area contributed by atoms with Crippen LogP contribution in [0.15, 0.2) is 40.5 Å². The maximum atomic E-state index is 12.2. The molecule has 9 heteroatoms. The summed E-state index contributed by atoms with van der Waals surface area (Å²) in [5, 5.41) is 6.13. The number of morpholine rings is 1. The van der Waals surface area contributed by atoms with E-state index >= 15 is 0 Å². The largest absolute Gasteiger partial charge is 0.370 e. The second-order valence-corrected chi connectivity index (χ2v) is 8.97. The van der Waals surface area contributed by atoms with Crippen molar-refractivity contribution in [3.63, 3.8) is 0 Å². The van der Waals surface area contributed by atoms with Gasteiger partial charge in [-0.1, -0.05) is 17.7 Å². The van der Waals surface area contributed by atoms with Gasteiger partial charge in [0.15, 0.2) is 0 Å². The summed E-state index contributed by atoms with van der Waals surface area (Å²) in [7, 11) is 0. The van der Waals surface area contributed by atoms with Gasteiger partial charge in [0.25, 0.3) is 5.91 Å². The maximum Gasteiger partial charge on any atom is 0.253 e. The van der Waals surface area contributed by atoms with Gasteiger partial charge >= 0.3 is 0 Å². The van der Waals surface area contributed by atoms with E-state index < -0.39 is 0 Å². The highest BCUT2D eigenvalue weighted by atomic mass is 35.5. The number of thioether (sulfide) groups is 1. The van der Waals surface area contributed by atoms with Gasteiger partial charge in [0, 0.05) is 29.8 Å².